The van der Waals surface area contributed by atoms with Crippen LogP contribution in [-0.4, -0.2) is 4.98 Å². The lowest BCUT2D eigenvalue weighted by Crippen LogP contribution is -1.84. The van der Waals surface area contributed by atoms with Gasteiger partial charge in [0.05, 0.1) is 20.9 Å². The van der Waals surface area contributed by atoms with E-state index in [1.165, 1.54) is 12.3 Å². The summed E-state index contributed by atoms with van der Waals surface area (Å²) in [6.07, 6.45) is 1.41. The molecular weight excluding hydrogens is 212 g/mol. The Morgan fingerprint density at radius 3 is 2.77 bits per heavy atom. The third kappa shape index (κ3) is 1.36. The van der Waals surface area contributed by atoms with Crippen LogP contribution in [0.3, 0.4) is 0 Å². The maximum absolute atomic E-state index is 13.2. The Morgan fingerprint density at radius 2 is 2.00 bits per heavy atom. The normalized spacial score (nSPS) is 10.7. The summed E-state index contributed by atoms with van der Waals surface area (Å²) in [7, 11) is 0. The molecule has 0 aliphatic rings. The van der Waals surface area contributed by atoms with Gasteiger partial charge in [0.2, 0.25) is 0 Å². The van der Waals surface area contributed by atoms with E-state index in [2.05, 4.69) is 4.98 Å². The number of fused-ring (bicyclic) bond motifs is 1. The van der Waals surface area contributed by atoms with Crippen LogP contribution < -0.4 is 0 Å². The third-order valence-corrected chi connectivity index (χ3v) is 2.51. The van der Waals surface area contributed by atoms with Crippen LogP contribution >= 0.6 is 23.2 Å². The smallest absolute Gasteiger partial charge is 0.134 e. The van der Waals surface area contributed by atoms with E-state index in [4.69, 9.17) is 23.2 Å². The molecule has 2 aromatic rings. The van der Waals surface area contributed by atoms with Crippen LogP contribution in [0, 0.1) is 5.82 Å². The molecule has 13 heavy (non-hydrogen) atoms. The monoisotopic (exact) mass is 215 g/mol. The zero-order valence-electron chi connectivity index (χ0n) is 6.39. The lowest BCUT2D eigenvalue weighted by Gasteiger charge is -2.01. The van der Waals surface area contributed by atoms with Gasteiger partial charge in [0.25, 0.3) is 0 Å². The second kappa shape index (κ2) is 3.13. The SMILES string of the molecule is Fc1cccc2ncc(Cl)c(Cl)c12. The van der Waals surface area contributed by atoms with E-state index in [1.807, 2.05) is 0 Å². The van der Waals surface area contributed by atoms with Crippen LogP contribution in [0.4, 0.5) is 4.39 Å². The molecule has 0 bridgehead atoms. The van der Waals surface area contributed by atoms with Crippen molar-refractivity contribution in [3.63, 3.8) is 0 Å². The van der Waals surface area contributed by atoms with Gasteiger partial charge in [-0.15, -0.1) is 0 Å². The first-order valence-electron chi connectivity index (χ1n) is 3.58. The van der Waals surface area contributed by atoms with E-state index in [0.717, 1.165) is 0 Å². The fourth-order valence-electron chi connectivity index (χ4n) is 1.14. The van der Waals surface area contributed by atoms with Crippen molar-refractivity contribution in [2.45, 2.75) is 0 Å². The van der Waals surface area contributed by atoms with Gasteiger partial charge in [-0.3, -0.25) is 4.98 Å². The molecule has 0 spiro atoms. The third-order valence-electron chi connectivity index (χ3n) is 1.74. The minimum Gasteiger partial charge on any atom is -0.254 e. The minimum absolute atomic E-state index is 0.213. The van der Waals surface area contributed by atoms with Gasteiger partial charge in [0.15, 0.2) is 0 Å². The summed E-state index contributed by atoms with van der Waals surface area (Å²) < 4.78 is 13.2. The van der Waals surface area contributed by atoms with Crippen molar-refractivity contribution in [2.24, 2.45) is 0 Å². The summed E-state index contributed by atoms with van der Waals surface area (Å²) in [6, 6.07) is 4.59. The predicted molar refractivity (Wildman–Crippen MR) is 51.7 cm³/mol. The molecule has 1 aromatic heterocycles. The number of benzene rings is 1. The van der Waals surface area contributed by atoms with Crippen LogP contribution in [0.15, 0.2) is 24.4 Å². The van der Waals surface area contributed by atoms with Gasteiger partial charge in [-0.1, -0.05) is 29.3 Å². The summed E-state index contributed by atoms with van der Waals surface area (Å²) >= 11 is 11.5. The summed E-state index contributed by atoms with van der Waals surface area (Å²) in [5.41, 5.74) is 0.509. The quantitative estimate of drug-likeness (QED) is 0.654. The summed E-state index contributed by atoms with van der Waals surface area (Å²) in [5, 5.41) is 0.751. The van der Waals surface area contributed by atoms with Gasteiger partial charge in [-0.05, 0) is 12.1 Å². The van der Waals surface area contributed by atoms with Crippen LogP contribution in [0.1, 0.15) is 0 Å². The molecule has 1 aromatic carbocycles. The van der Waals surface area contributed by atoms with Crippen molar-refractivity contribution < 1.29 is 4.39 Å². The van der Waals surface area contributed by atoms with Gasteiger partial charge in [-0.25, -0.2) is 4.39 Å². The number of pyridine rings is 1. The van der Waals surface area contributed by atoms with E-state index in [1.54, 1.807) is 12.1 Å². The number of nitrogens with zero attached hydrogens (tertiary/aromatic N) is 1. The van der Waals surface area contributed by atoms with Crippen molar-refractivity contribution in [1.82, 2.24) is 4.98 Å². The van der Waals surface area contributed by atoms with Crippen LogP contribution in [0.25, 0.3) is 10.9 Å². The van der Waals surface area contributed by atoms with Crippen molar-refractivity contribution in [3.05, 3.63) is 40.3 Å². The second-order valence-electron chi connectivity index (χ2n) is 2.55. The number of aromatic nitrogens is 1. The molecule has 0 saturated carbocycles. The maximum atomic E-state index is 13.2. The first-order valence-corrected chi connectivity index (χ1v) is 4.34. The fourth-order valence-corrected chi connectivity index (χ4v) is 1.52. The molecule has 0 N–H and O–H groups in total. The summed E-state index contributed by atoms with van der Waals surface area (Å²) in [4.78, 5) is 3.95. The van der Waals surface area contributed by atoms with Gasteiger partial charge < -0.3 is 0 Å². The molecule has 1 heterocycles. The molecule has 0 fully saturated rings. The second-order valence-corrected chi connectivity index (χ2v) is 3.34. The summed E-state index contributed by atoms with van der Waals surface area (Å²) in [5.74, 6) is -0.405. The number of hydrogen-bond donors (Lipinski definition) is 0. The Labute approximate surface area is 84.1 Å². The Morgan fingerprint density at radius 1 is 1.23 bits per heavy atom. The molecule has 0 atom stereocenters. The van der Waals surface area contributed by atoms with Gasteiger partial charge in [-0.2, -0.15) is 0 Å². The van der Waals surface area contributed by atoms with Crippen molar-refractivity contribution in [3.8, 4) is 0 Å². The van der Waals surface area contributed by atoms with E-state index in [9.17, 15) is 4.39 Å². The fraction of sp³-hybridized carbons (Fsp3) is 0. The molecule has 4 heteroatoms. The molecule has 66 valence electrons. The standard InChI is InChI=1S/C9H4Cl2FN/c10-5-4-13-7-3-1-2-6(12)8(7)9(5)11/h1-4H. The van der Waals surface area contributed by atoms with Crippen LogP contribution in [0.2, 0.25) is 10.0 Å². The first kappa shape index (κ1) is 8.73. The summed E-state index contributed by atoms with van der Waals surface area (Å²) in [6.45, 7) is 0. The topological polar surface area (TPSA) is 12.9 Å². The highest BCUT2D eigenvalue weighted by atomic mass is 35.5. The van der Waals surface area contributed by atoms with E-state index >= 15 is 0 Å². The molecule has 0 unspecified atom stereocenters. The van der Waals surface area contributed by atoms with Gasteiger partial charge in [0, 0.05) is 6.20 Å². The lowest BCUT2D eigenvalue weighted by atomic mass is 10.2. The highest BCUT2D eigenvalue weighted by Crippen LogP contribution is 2.30. The zero-order chi connectivity index (χ0) is 9.42. The zero-order valence-corrected chi connectivity index (χ0v) is 7.90. The van der Waals surface area contributed by atoms with Crippen molar-refractivity contribution >= 4 is 34.1 Å². The Hall–Kier alpha value is -0.860. The largest absolute Gasteiger partial charge is 0.254 e. The first-order chi connectivity index (χ1) is 6.20. The molecule has 1 nitrogen and oxygen atoms in total. The molecular formula is C9H4Cl2FN. The van der Waals surface area contributed by atoms with Crippen molar-refractivity contribution in [1.29, 1.82) is 0 Å². The lowest BCUT2D eigenvalue weighted by molar-refractivity contribution is 0.639. The van der Waals surface area contributed by atoms with E-state index in [0.29, 0.717) is 5.52 Å². The van der Waals surface area contributed by atoms with Crippen molar-refractivity contribution in [2.75, 3.05) is 0 Å². The van der Waals surface area contributed by atoms with E-state index in [-0.39, 0.29) is 15.4 Å². The highest BCUT2D eigenvalue weighted by Gasteiger charge is 2.08. The minimum atomic E-state index is -0.405. The molecule has 0 aliphatic carbocycles. The average Bonchev–Trinajstić information content (AvgIpc) is 2.12. The number of hydrogen-bond acceptors (Lipinski definition) is 1. The van der Waals surface area contributed by atoms with E-state index < -0.39 is 5.82 Å². The molecule has 0 radical (unpaired) electrons. The molecule has 0 aliphatic heterocycles. The molecule has 0 amide bonds. The Kier molecular flexibility index (Phi) is 2.10. The predicted octanol–water partition coefficient (Wildman–Crippen LogP) is 3.68. The number of halogens is 3. The van der Waals surface area contributed by atoms with Crippen LogP contribution in [0.5, 0.6) is 0 Å². The Balaban J connectivity index is 2.97. The maximum Gasteiger partial charge on any atom is 0.134 e. The molecule has 2 rings (SSSR count). The molecule has 0 saturated heterocycles. The van der Waals surface area contributed by atoms with Crippen LogP contribution in [-0.2, 0) is 0 Å². The average molecular weight is 216 g/mol. The number of rotatable bonds is 0. The van der Waals surface area contributed by atoms with Gasteiger partial charge in [0.1, 0.15) is 5.82 Å². The Bertz CT molecular complexity index is 470. The highest BCUT2D eigenvalue weighted by molar-refractivity contribution is 6.45. The van der Waals surface area contributed by atoms with Gasteiger partial charge >= 0.3 is 0 Å².